The maximum absolute atomic E-state index is 12.4. The van der Waals surface area contributed by atoms with Gasteiger partial charge in [0.25, 0.3) is 0 Å². The summed E-state index contributed by atoms with van der Waals surface area (Å²) >= 11 is 0. The van der Waals surface area contributed by atoms with Gasteiger partial charge in [0, 0.05) is 11.7 Å². The molecule has 0 aliphatic carbocycles. The van der Waals surface area contributed by atoms with Gasteiger partial charge in [-0.2, -0.15) is 0 Å². The number of halogens is 1. The molecule has 1 aliphatic rings. The number of hydrogen-bond acceptors (Lipinski definition) is 5. The minimum Gasteiger partial charge on any atom is -0.399 e. The Morgan fingerprint density at radius 3 is 2.15 bits per heavy atom. The van der Waals surface area contributed by atoms with Crippen molar-refractivity contribution in [1.29, 1.82) is 0 Å². The van der Waals surface area contributed by atoms with Crippen LogP contribution in [0.4, 0.5) is 4.39 Å². The Labute approximate surface area is 118 Å². The van der Waals surface area contributed by atoms with Crippen LogP contribution in [-0.2, 0) is 19.1 Å². The lowest BCUT2D eigenvalue weighted by Crippen LogP contribution is -2.41. The fraction of sp³-hybridized carbons (Fsp3) is 0.583. The fourth-order valence-corrected chi connectivity index (χ4v) is 2.35. The molecule has 0 unspecified atom stereocenters. The number of pyridine rings is 1. The van der Waals surface area contributed by atoms with Crippen molar-refractivity contribution in [1.82, 2.24) is 4.98 Å². The molecule has 0 saturated carbocycles. The number of aromatic nitrogens is 1. The van der Waals surface area contributed by atoms with E-state index in [2.05, 4.69) is 4.98 Å². The first-order chi connectivity index (χ1) is 9.09. The largest absolute Gasteiger partial charge is 0.496 e. The summed E-state index contributed by atoms with van der Waals surface area (Å²) in [6.07, 6.45) is 1.34. The molecule has 0 spiro atoms. The standard InChI is InChI=1S/C12H17BFNO4S/c1-11(2)12(3,4)19-13(18-11)9-5-6-10(15-7-9)20(16,17)8-14/h5-7H,8H2,1-4H3. The van der Waals surface area contributed by atoms with E-state index in [-0.39, 0.29) is 5.03 Å². The highest BCUT2D eigenvalue weighted by molar-refractivity contribution is 7.91. The van der Waals surface area contributed by atoms with Gasteiger partial charge in [-0.05, 0) is 33.8 Å². The van der Waals surface area contributed by atoms with Gasteiger partial charge in [-0.3, -0.25) is 0 Å². The van der Waals surface area contributed by atoms with Crippen LogP contribution >= 0.6 is 0 Å². The Hall–Kier alpha value is -0.985. The van der Waals surface area contributed by atoms with Gasteiger partial charge in [-0.15, -0.1) is 0 Å². The Bertz CT molecular complexity index is 584. The highest BCUT2D eigenvalue weighted by Gasteiger charge is 2.51. The molecule has 2 rings (SSSR count). The lowest BCUT2D eigenvalue weighted by molar-refractivity contribution is 0.00578. The fourth-order valence-electron chi connectivity index (χ4n) is 1.75. The van der Waals surface area contributed by atoms with Crippen LogP contribution in [0.3, 0.4) is 0 Å². The zero-order chi connectivity index (χ0) is 15.2. The molecular weight excluding hydrogens is 284 g/mol. The van der Waals surface area contributed by atoms with E-state index in [1.54, 1.807) is 0 Å². The summed E-state index contributed by atoms with van der Waals surface area (Å²) in [6.45, 7) is 7.68. The van der Waals surface area contributed by atoms with Gasteiger partial charge in [-0.25, -0.2) is 17.8 Å². The maximum atomic E-state index is 12.4. The molecule has 1 aromatic heterocycles. The van der Waals surface area contributed by atoms with Crippen molar-refractivity contribution in [2.75, 3.05) is 6.01 Å². The van der Waals surface area contributed by atoms with Crippen LogP contribution in [0.1, 0.15) is 27.7 Å². The summed E-state index contributed by atoms with van der Waals surface area (Å²) in [5, 5.41) is -0.291. The molecule has 1 aromatic rings. The average Bonchev–Trinajstić information content (AvgIpc) is 2.59. The monoisotopic (exact) mass is 301 g/mol. The van der Waals surface area contributed by atoms with Gasteiger partial charge in [0.15, 0.2) is 11.0 Å². The van der Waals surface area contributed by atoms with E-state index in [1.165, 1.54) is 18.3 Å². The summed E-state index contributed by atoms with van der Waals surface area (Å²) in [5.41, 5.74) is -0.371. The molecule has 0 N–H and O–H groups in total. The van der Waals surface area contributed by atoms with Crippen molar-refractivity contribution in [2.45, 2.75) is 43.9 Å². The van der Waals surface area contributed by atoms with Crippen molar-refractivity contribution >= 4 is 22.4 Å². The normalized spacial score (nSPS) is 21.1. The molecule has 20 heavy (non-hydrogen) atoms. The van der Waals surface area contributed by atoms with E-state index in [0.29, 0.717) is 5.46 Å². The SMILES string of the molecule is CC1(C)OB(c2ccc(S(=O)(=O)CF)nc2)OC1(C)C. The molecule has 0 amide bonds. The predicted molar refractivity (Wildman–Crippen MR) is 73.1 cm³/mol. The van der Waals surface area contributed by atoms with Crippen molar-refractivity contribution in [3.8, 4) is 0 Å². The molecule has 8 heteroatoms. The summed E-state index contributed by atoms with van der Waals surface area (Å²) in [7, 11) is -4.56. The number of nitrogens with zero attached hydrogens (tertiary/aromatic N) is 1. The van der Waals surface area contributed by atoms with Crippen LogP contribution in [0, 0.1) is 0 Å². The minimum atomic E-state index is -3.94. The quantitative estimate of drug-likeness (QED) is 0.782. The summed E-state index contributed by atoms with van der Waals surface area (Å²) in [6, 6.07) is 1.32. The molecule has 1 fully saturated rings. The molecule has 0 aromatic carbocycles. The second-order valence-electron chi connectivity index (χ2n) is 5.74. The van der Waals surface area contributed by atoms with Crippen molar-refractivity contribution in [3.63, 3.8) is 0 Å². The third-order valence-electron chi connectivity index (χ3n) is 3.75. The average molecular weight is 301 g/mol. The highest BCUT2D eigenvalue weighted by atomic mass is 32.2. The van der Waals surface area contributed by atoms with Crippen LogP contribution in [0.5, 0.6) is 0 Å². The Kier molecular flexibility index (Phi) is 3.69. The van der Waals surface area contributed by atoms with Gasteiger partial charge < -0.3 is 9.31 Å². The second kappa shape index (κ2) is 4.78. The zero-order valence-corrected chi connectivity index (χ0v) is 12.7. The Morgan fingerprint density at radius 2 is 1.75 bits per heavy atom. The molecule has 2 heterocycles. The van der Waals surface area contributed by atoms with Crippen LogP contribution in [-0.4, -0.2) is 37.7 Å². The van der Waals surface area contributed by atoms with Crippen LogP contribution in [0.15, 0.2) is 23.4 Å². The predicted octanol–water partition coefficient (Wildman–Crippen LogP) is 1.08. The van der Waals surface area contributed by atoms with E-state index in [9.17, 15) is 12.8 Å². The highest BCUT2D eigenvalue weighted by Crippen LogP contribution is 2.36. The number of alkyl halides is 1. The molecule has 1 aliphatic heterocycles. The molecule has 5 nitrogen and oxygen atoms in total. The third kappa shape index (κ3) is 2.59. The van der Waals surface area contributed by atoms with Crippen LogP contribution in [0.25, 0.3) is 0 Å². The topological polar surface area (TPSA) is 65.5 Å². The first kappa shape index (κ1) is 15.4. The van der Waals surface area contributed by atoms with Crippen LogP contribution < -0.4 is 5.46 Å². The smallest absolute Gasteiger partial charge is 0.399 e. The summed E-state index contributed by atoms with van der Waals surface area (Å²) in [4.78, 5) is 3.77. The first-order valence-electron chi connectivity index (χ1n) is 6.19. The van der Waals surface area contributed by atoms with Crippen molar-refractivity contribution < 1.29 is 22.1 Å². The Morgan fingerprint density at radius 1 is 1.20 bits per heavy atom. The number of sulfone groups is 1. The number of rotatable bonds is 3. The van der Waals surface area contributed by atoms with E-state index < -0.39 is 34.2 Å². The van der Waals surface area contributed by atoms with Crippen molar-refractivity contribution in [2.24, 2.45) is 0 Å². The van der Waals surface area contributed by atoms with Gasteiger partial charge in [-0.1, -0.05) is 6.07 Å². The molecular formula is C12H17BFNO4S. The lowest BCUT2D eigenvalue weighted by atomic mass is 9.80. The third-order valence-corrected chi connectivity index (χ3v) is 4.91. The number of hydrogen-bond donors (Lipinski definition) is 0. The van der Waals surface area contributed by atoms with E-state index >= 15 is 0 Å². The first-order valence-corrected chi connectivity index (χ1v) is 7.85. The maximum Gasteiger partial charge on any atom is 0.496 e. The van der Waals surface area contributed by atoms with Crippen LogP contribution in [0.2, 0.25) is 0 Å². The van der Waals surface area contributed by atoms with Gasteiger partial charge in [0.1, 0.15) is 0 Å². The van der Waals surface area contributed by atoms with E-state index in [4.69, 9.17) is 9.31 Å². The minimum absolute atomic E-state index is 0.291. The van der Waals surface area contributed by atoms with E-state index in [1.807, 2.05) is 27.7 Å². The lowest BCUT2D eigenvalue weighted by Gasteiger charge is -2.32. The molecule has 1 saturated heterocycles. The zero-order valence-electron chi connectivity index (χ0n) is 11.9. The molecule has 0 atom stereocenters. The van der Waals surface area contributed by atoms with Crippen molar-refractivity contribution in [3.05, 3.63) is 18.3 Å². The van der Waals surface area contributed by atoms with Gasteiger partial charge in [0.05, 0.1) is 11.2 Å². The summed E-state index contributed by atoms with van der Waals surface area (Å²) in [5.74, 6) is 0. The molecule has 0 bridgehead atoms. The Balaban J connectivity index is 2.25. The van der Waals surface area contributed by atoms with E-state index in [0.717, 1.165) is 0 Å². The molecule has 110 valence electrons. The molecule has 0 radical (unpaired) electrons. The second-order valence-corrected chi connectivity index (χ2v) is 7.61. The summed E-state index contributed by atoms with van der Waals surface area (Å²) < 4.78 is 46.7. The van der Waals surface area contributed by atoms with Gasteiger partial charge in [0.2, 0.25) is 9.84 Å². The van der Waals surface area contributed by atoms with Gasteiger partial charge >= 0.3 is 7.12 Å².